The maximum absolute atomic E-state index is 5.03. The molecular formula is C30H26N2. The summed E-state index contributed by atoms with van der Waals surface area (Å²) in [6.07, 6.45) is 0.915. The van der Waals surface area contributed by atoms with Gasteiger partial charge in [0.25, 0.3) is 0 Å². The third kappa shape index (κ3) is 4.00. The topological polar surface area (TPSA) is 24.9 Å². The van der Waals surface area contributed by atoms with E-state index in [1.807, 2.05) is 6.07 Å². The van der Waals surface area contributed by atoms with Gasteiger partial charge in [-0.25, -0.2) is 0 Å². The highest BCUT2D eigenvalue weighted by atomic mass is 14.9. The van der Waals surface area contributed by atoms with Gasteiger partial charge in [-0.15, -0.1) is 0 Å². The van der Waals surface area contributed by atoms with E-state index in [2.05, 4.69) is 121 Å². The van der Waals surface area contributed by atoms with Crippen LogP contribution in [0.1, 0.15) is 29.8 Å². The van der Waals surface area contributed by atoms with E-state index in [9.17, 15) is 0 Å². The molecule has 0 saturated heterocycles. The lowest BCUT2D eigenvalue weighted by Crippen LogP contribution is -2.14. The molecule has 0 aliphatic carbocycles. The molecule has 0 amide bonds. The molecule has 1 heterocycles. The molecule has 2 nitrogen and oxygen atoms in total. The van der Waals surface area contributed by atoms with E-state index in [0.717, 1.165) is 23.5 Å². The number of pyridine rings is 1. The zero-order valence-electron chi connectivity index (χ0n) is 18.2. The second-order valence-electron chi connectivity index (χ2n) is 7.97. The van der Waals surface area contributed by atoms with Crippen molar-refractivity contribution in [2.75, 3.05) is 5.32 Å². The van der Waals surface area contributed by atoms with Crippen molar-refractivity contribution in [1.82, 2.24) is 4.98 Å². The summed E-state index contributed by atoms with van der Waals surface area (Å²) >= 11 is 0. The zero-order chi connectivity index (χ0) is 21.8. The Labute approximate surface area is 189 Å². The van der Waals surface area contributed by atoms with Crippen LogP contribution in [-0.2, 0) is 6.42 Å². The summed E-state index contributed by atoms with van der Waals surface area (Å²) in [7, 11) is 0. The van der Waals surface area contributed by atoms with Crippen molar-refractivity contribution in [3.05, 3.63) is 132 Å². The first-order valence-electron chi connectivity index (χ1n) is 11.2. The fraction of sp³-hybridized carbons (Fsp3) is 0.100. The van der Waals surface area contributed by atoms with Crippen LogP contribution in [0.3, 0.4) is 0 Å². The standard InChI is InChI=1S/C30H26N2/c1-2-24-17-11-19-28(31-24)29-26-18-10-9-12-22(26)20-21-27(29)30(23-13-5-3-6-14-23)32-25-15-7-4-8-16-25/h3-21,30,32H,2H2,1H3. The lowest BCUT2D eigenvalue weighted by Gasteiger charge is -2.25. The number of benzene rings is 4. The summed E-state index contributed by atoms with van der Waals surface area (Å²) in [5.74, 6) is 0. The van der Waals surface area contributed by atoms with Crippen molar-refractivity contribution in [2.24, 2.45) is 0 Å². The van der Waals surface area contributed by atoms with Crippen LogP contribution >= 0.6 is 0 Å². The molecule has 0 radical (unpaired) electrons. The van der Waals surface area contributed by atoms with Crippen molar-refractivity contribution in [3.63, 3.8) is 0 Å². The number of nitrogens with one attached hydrogen (secondary N) is 1. The Kier molecular flexibility index (Phi) is 5.67. The van der Waals surface area contributed by atoms with Gasteiger partial charge in [-0.1, -0.05) is 97.9 Å². The van der Waals surface area contributed by atoms with E-state index in [-0.39, 0.29) is 6.04 Å². The highest BCUT2D eigenvalue weighted by Crippen LogP contribution is 2.38. The Morgan fingerprint density at radius 1 is 0.688 bits per heavy atom. The number of anilines is 1. The summed E-state index contributed by atoms with van der Waals surface area (Å²) in [6, 6.07) is 40.5. The number of aryl methyl sites for hydroxylation is 1. The molecule has 5 rings (SSSR count). The number of rotatable bonds is 6. The Morgan fingerprint density at radius 3 is 2.19 bits per heavy atom. The minimum absolute atomic E-state index is 0.00899. The van der Waals surface area contributed by atoms with Crippen molar-refractivity contribution < 1.29 is 0 Å². The first-order valence-corrected chi connectivity index (χ1v) is 11.2. The van der Waals surface area contributed by atoms with Crippen LogP contribution in [0.2, 0.25) is 0 Å². The summed E-state index contributed by atoms with van der Waals surface area (Å²) in [4.78, 5) is 5.03. The molecule has 1 unspecified atom stereocenters. The molecule has 2 heteroatoms. The number of nitrogens with zero attached hydrogens (tertiary/aromatic N) is 1. The van der Waals surface area contributed by atoms with E-state index in [1.165, 1.54) is 27.5 Å². The van der Waals surface area contributed by atoms with Gasteiger partial charge in [0.2, 0.25) is 0 Å². The van der Waals surface area contributed by atoms with Gasteiger partial charge >= 0.3 is 0 Å². The molecule has 5 aromatic rings. The summed E-state index contributed by atoms with van der Waals surface area (Å²) in [5.41, 5.74) is 6.85. The van der Waals surface area contributed by atoms with Gasteiger partial charge in [0.15, 0.2) is 0 Å². The van der Waals surface area contributed by atoms with Gasteiger partial charge in [-0.2, -0.15) is 0 Å². The number of hydrogen-bond acceptors (Lipinski definition) is 2. The molecule has 0 spiro atoms. The summed E-state index contributed by atoms with van der Waals surface area (Å²) in [5, 5.41) is 6.23. The van der Waals surface area contributed by atoms with Crippen LogP contribution in [0.15, 0.2) is 115 Å². The zero-order valence-corrected chi connectivity index (χ0v) is 18.2. The minimum Gasteiger partial charge on any atom is -0.374 e. The third-order valence-electron chi connectivity index (χ3n) is 5.92. The van der Waals surface area contributed by atoms with E-state index in [4.69, 9.17) is 4.98 Å². The van der Waals surface area contributed by atoms with Gasteiger partial charge in [-0.05, 0) is 52.6 Å². The number of para-hydroxylation sites is 1. The molecule has 1 atom stereocenters. The normalized spacial score (nSPS) is 11.9. The number of aromatic nitrogens is 1. The minimum atomic E-state index is -0.00899. The molecule has 0 aliphatic rings. The van der Waals surface area contributed by atoms with Crippen molar-refractivity contribution in [2.45, 2.75) is 19.4 Å². The van der Waals surface area contributed by atoms with Crippen molar-refractivity contribution >= 4 is 16.5 Å². The Hall–Kier alpha value is -3.91. The Morgan fingerprint density at radius 2 is 1.41 bits per heavy atom. The van der Waals surface area contributed by atoms with E-state index in [0.29, 0.717) is 0 Å². The second kappa shape index (κ2) is 9.07. The van der Waals surface area contributed by atoms with Gasteiger partial charge < -0.3 is 5.32 Å². The van der Waals surface area contributed by atoms with E-state index in [1.54, 1.807) is 0 Å². The van der Waals surface area contributed by atoms with Crippen LogP contribution in [0, 0.1) is 0 Å². The van der Waals surface area contributed by atoms with Crippen LogP contribution < -0.4 is 5.32 Å². The Balaban J connectivity index is 1.76. The third-order valence-corrected chi connectivity index (χ3v) is 5.92. The van der Waals surface area contributed by atoms with Gasteiger partial charge in [0.1, 0.15) is 0 Å². The predicted octanol–water partition coefficient (Wildman–Crippen LogP) is 7.67. The quantitative estimate of drug-likeness (QED) is 0.308. The van der Waals surface area contributed by atoms with Crippen LogP contribution in [0.4, 0.5) is 5.69 Å². The molecule has 156 valence electrons. The maximum Gasteiger partial charge on any atom is 0.0774 e. The smallest absolute Gasteiger partial charge is 0.0774 e. The predicted molar refractivity (Wildman–Crippen MR) is 135 cm³/mol. The number of hydrogen-bond donors (Lipinski definition) is 1. The largest absolute Gasteiger partial charge is 0.374 e. The molecule has 0 aliphatic heterocycles. The molecule has 1 N–H and O–H groups in total. The van der Waals surface area contributed by atoms with Gasteiger partial charge in [-0.3, -0.25) is 4.98 Å². The molecule has 0 fully saturated rings. The fourth-order valence-corrected chi connectivity index (χ4v) is 4.32. The van der Waals surface area contributed by atoms with Gasteiger partial charge in [0, 0.05) is 16.9 Å². The lowest BCUT2D eigenvalue weighted by atomic mass is 9.88. The highest BCUT2D eigenvalue weighted by molar-refractivity contribution is 5.98. The van der Waals surface area contributed by atoms with E-state index < -0.39 is 0 Å². The van der Waals surface area contributed by atoms with Gasteiger partial charge in [0.05, 0.1) is 11.7 Å². The van der Waals surface area contributed by atoms with Crippen LogP contribution in [0.5, 0.6) is 0 Å². The molecule has 32 heavy (non-hydrogen) atoms. The molecule has 0 saturated carbocycles. The van der Waals surface area contributed by atoms with Crippen LogP contribution in [0.25, 0.3) is 22.0 Å². The average molecular weight is 415 g/mol. The first kappa shape index (κ1) is 20.0. The highest BCUT2D eigenvalue weighted by Gasteiger charge is 2.21. The second-order valence-corrected chi connectivity index (χ2v) is 7.97. The SMILES string of the molecule is CCc1cccc(-c2c(C(Nc3ccccc3)c3ccccc3)ccc3ccccc23)n1. The molecule has 0 bridgehead atoms. The molecule has 4 aromatic carbocycles. The summed E-state index contributed by atoms with van der Waals surface area (Å²) in [6.45, 7) is 2.15. The Bertz CT molecular complexity index is 1330. The molecule has 1 aromatic heterocycles. The lowest BCUT2D eigenvalue weighted by molar-refractivity contribution is 0.940. The average Bonchev–Trinajstić information content (AvgIpc) is 2.88. The van der Waals surface area contributed by atoms with Crippen LogP contribution in [-0.4, -0.2) is 4.98 Å². The number of fused-ring (bicyclic) bond motifs is 1. The first-order chi connectivity index (χ1) is 15.8. The van der Waals surface area contributed by atoms with Crippen molar-refractivity contribution in [1.29, 1.82) is 0 Å². The fourth-order valence-electron chi connectivity index (χ4n) is 4.32. The van der Waals surface area contributed by atoms with Crippen molar-refractivity contribution in [3.8, 4) is 11.3 Å². The summed E-state index contributed by atoms with van der Waals surface area (Å²) < 4.78 is 0. The molecular weight excluding hydrogens is 388 g/mol. The monoisotopic (exact) mass is 414 g/mol. The van der Waals surface area contributed by atoms with E-state index >= 15 is 0 Å². The maximum atomic E-state index is 5.03.